The van der Waals surface area contributed by atoms with Crippen LogP contribution in [0.2, 0.25) is 0 Å². The van der Waals surface area contributed by atoms with E-state index in [1.807, 2.05) is 36.4 Å². The van der Waals surface area contributed by atoms with Crippen LogP contribution >= 0.6 is 0 Å². The summed E-state index contributed by atoms with van der Waals surface area (Å²) in [6.45, 7) is 2.49. The minimum Gasteiger partial charge on any atom is -0.453 e. The zero-order chi connectivity index (χ0) is 21.9. The van der Waals surface area contributed by atoms with Gasteiger partial charge in [0.15, 0.2) is 12.2 Å². The number of nitrogens with zero attached hydrogens (tertiary/aromatic N) is 1. The van der Waals surface area contributed by atoms with Gasteiger partial charge in [-0.1, -0.05) is 48.5 Å². The van der Waals surface area contributed by atoms with Gasteiger partial charge in [0.25, 0.3) is 5.69 Å². The molecular formula is C24H17NO6. The predicted octanol–water partition coefficient (Wildman–Crippen LogP) is 5.28. The average Bonchev–Trinajstić information content (AvgIpc) is 2.73. The molecule has 0 N–H and O–H groups in total. The molecule has 0 bridgehead atoms. The van der Waals surface area contributed by atoms with E-state index < -0.39 is 29.1 Å². The lowest BCUT2D eigenvalue weighted by Gasteiger charge is -2.33. The predicted molar refractivity (Wildman–Crippen MR) is 115 cm³/mol. The van der Waals surface area contributed by atoms with Crippen LogP contribution < -0.4 is 0 Å². The molecule has 1 aliphatic rings. The largest absolute Gasteiger partial charge is 0.453 e. The summed E-state index contributed by atoms with van der Waals surface area (Å²) >= 11 is 0. The van der Waals surface area contributed by atoms with Crippen molar-refractivity contribution in [1.29, 1.82) is 0 Å². The molecule has 2 atom stereocenters. The summed E-state index contributed by atoms with van der Waals surface area (Å²) in [6.07, 6.45) is -2.14. The van der Waals surface area contributed by atoms with E-state index >= 15 is 0 Å². The third kappa shape index (κ3) is 2.73. The highest BCUT2D eigenvalue weighted by Gasteiger charge is 2.42. The number of hydrogen-bond donors (Lipinski definition) is 0. The summed E-state index contributed by atoms with van der Waals surface area (Å²) in [5.41, 5.74) is 0.764. The van der Waals surface area contributed by atoms with Gasteiger partial charge in [0.1, 0.15) is 0 Å². The third-order valence-corrected chi connectivity index (χ3v) is 5.71. The van der Waals surface area contributed by atoms with Crippen molar-refractivity contribution in [1.82, 2.24) is 0 Å². The Morgan fingerprint density at radius 3 is 2.16 bits per heavy atom. The lowest BCUT2D eigenvalue weighted by molar-refractivity contribution is -0.384. The van der Waals surface area contributed by atoms with Gasteiger partial charge in [-0.05, 0) is 27.6 Å². The van der Waals surface area contributed by atoms with Crippen LogP contribution in [0.5, 0.6) is 0 Å². The molecule has 7 heteroatoms. The maximum atomic E-state index is 12.3. The molecule has 1 aliphatic carbocycles. The Hall–Kier alpha value is -4.00. The Bertz CT molecular complexity index is 1440. The van der Waals surface area contributed by atoms with Gasteiger partial charge < -0.3 is 9.47 Å². The van der Waals surface area contributed by atoms with Crippen molar-refractivity contribution in [3.63, 3.8) is 0 Å². The number of fused-ring (bicyclic) bond motifs is 2. The van der Waals surface area contributed by atoms with Gasteiger partial charge in [0.05, 0.1) is 15.9 Å². The van der Waals surface area contributed by atoms with Gasteiger partial charge in [0.2, 0.25) is 0 Å². The summed E-state index contributed by atoms with van der Waals surface area (Å²) in [5, 5.41) is 16.6. The minimum absolute atomic E-state index is 0.145. The van der Waals surface area contributed by atoms with E-state index in [0.29, 0.717) is 16.3 Å². The lowest BCUT2D eigenvalue weighted by atomic mass is 9.80. The van der Waals surface area contributed by atoms with Crippen molar-refractivity contribution in [3.05, 3.63) is 75.8 Å². The maximum absolute atomic E-state index is 12.3. The number of carbonyl (C=O) groups is 2. The first kappa shape index (κ1) is 19.0. The van der Waals surface area contributed by atoms with E-state index in [1.54, 1.807) is 18.2 Å². The summed E-state index contributed by atoms with van der Waals surface area (Å²) in [7, 11) is 0. The van der Waals surface area contributed by atoms with E-state index in [2.05, 4.69) is 0 Å². The number of hydrogen-bond acceptors (Lipinski definition) is 6. The molecule has 4 aromatic carbocycles. The number of nitro groups is 1. The number of rotatable bonds is 3. The Kier molecular flexibility index (Phi) is 4.15. The molecule has 4 aromatic rings. The molecule has 154 valence electrons. The van der Waals surface area contributed by atoms with Crippen molar-refractivity contribution in [2.75, 3.05) is 0 Å². The fraction of sp³-hybridized carbons (Fsp3) is 0.167. The van der Waals surface area contributed by atoms with Gasteiger partial charge >= 0.3 is 11.9 Å². The highest BCUT2D eigenvalue weighted by Crippen LogP contribution is 2.53. The Labute approximate surface area is 176 Å². The van der Waals surface area contributed by atoms with Gasteiger partial charge in [-0.25, -0.2) is 0 Å². The maximum Gasteiger partial charge on any atom is 0.303 e. The molecule has 31 heavy (non-hydrogen) atoms. The Morgan fingerprint density at radius 2 is 1.48 bits per heavy atom. The standard InChI is InChI=1S/C24H17NO6/c1-12(26)30-23-18-9-5-6-14-10-11-16-15-7-3-4-8-17(15)22(25(28)29)21(20(16)19(14)18)24(23)31-13(2)27/h3-11,23-24H,1-2H3/t23-,24+/m1/s1. The molecule has 0 saturated carbocycles. The summed E-state index contributed by atoms with van der Waals surface area (Å²) in [4.78, 5) is 35.8. The molecule has 0 heterocycles. The van der Waals surface area contributed by atoms with Crippen molar-refractivity contribution < 1.29 is 24.0 Å². The molecule has 0 aliphatic heterocycles. The first-order chi connectivity index (χ1) is 14.9. The van der Waals surface area contributed by atoms with Gasteiger partial charge in [-0.15, -0.1) is 0 Å². The number of benzene rings is 4. The highest BCUT2D eigenvalue weighted by atomic mass is 16.6. The fourth-order valence-electron chi connectivity index (χ4n) is 4.73. The third-order valence-electron chi connectivity index (χ3n) is 5.71. The van der Waals surface area contributed by atoms with E-state index in [9.17, 15) is 19.7 Å². The first-order valence-electron chi connectivity index (χ1n) is 9.77. The van der Waals surface area contributed by atoms with Crippen LogP contribution in [-0.4, -0.2) is 16.9 Å². The SMILES string of the molecule is CC(=O)O[C@@H]1c2cccc3ccc4c5ccccc5c([N+](=O)[O-])c(c4c23)[C@@H]1OC(C)=O. The van der Waals surface area contributed by atoms with Gasteiger partial charge in [-0.2, -0.15) is 0 Å². The van der Waals surface area contributed by atoms with E-state index in [1.165, 1.54) is 13.8 Å². The van der Waals surface area contributed by atoms with Crippen molar-refractivity contribution in [3.8, 4) is 0 Å². The molecule has 5 rings (SSSR count). The topological polar surface area (TPSA) is 95.7 Å². The zero-order valence-corrected chi connectivity index (χ0v) is 16.7. The minimum atomic E-state index is -1.14. The Morgan fingerprint density at radius 1 is 0.806 bits per heavy atom. The number of nitro benzene ring substituents is 1. The summed E-state index contributed by atoms with van der Waals surface area (Å²) < 4.78 is 11.2. The Balaban J connectivity index is 2.07. The van der Waals surface area contributed by atoms with Crippen LogP contribution in [0.1, 0.15) is 37.2 Å². The molecule has 0 radical (unpaired) electrons. The van der Waals surface area contributed by atoms with Crippen molar-refractivity contribution in [2.24, 2.45) is 0 Å². The monoisotopic (exact) mass is 415 g/mol. The number of carbonyl (C=O) groups excluding carboxylic acids is 2. The van der Waals surface area contributed by atoms with Gasteiger partial charge in [-0.3, -0.25) is 19.7 Å². The second-order valence-corrected chi connectivity index (χ2v) is 7.56. The first-order valence-corrected chi connectivity index (χ1v) is 9.77. The van der Waals surface area contributed by atoms with E-state index in [-0.39, 0.29) is 11.3 Å². The van der Waals surface area contributed by atoms with Crippen LogP contribution in [0.15, 0.2) is 54.6 Å². The fourth-order valence-corrected chi connectivity index (χ4v) is 4.73. The van der Waals surface area contributed by atoms with Crippen molar-refractivity contribution in [2.45, 2.75) is 26.1 Å². The van der Waals surface area contributed by atoms with Crippen LogP contribution in [0, 0.1) is 10.1 Å². The zero-order valence-electron chi connectivity index (χ0n) is 16.7. The molecule has 7 nitrogen and oxygen atoms in total. The molecular weight excluding hydrogens is 398 g/mol. The molecule has 0 amide bonds. The van der Waals surface area contributed by atoms with Crippen LogP contribution in [0.3, 0.4) is 0 Å². The average molecular weight is 415 g/mol. The van der Waals surface area contributed by atoms with Crippen LogP contribution in [0.25, 0.3) is 32.3 Å². The summed E-state index contributed by atoms with van der Waals surface area (Å²) in [5.74, 6) is -1.19. The second-order valence-electron chi connectivity index (χ2n) is 7.56. The molecule has 0 spiro atoms. The summed E-state index contributed by atoms with van der Waals surface area (Å²) in [6, 6.07) is 16.5. The number of ether oxygens (including phenoxy) is 2. The van der Waals surface area contributed by atoms with Crippen LogP contribution in [0.4, 0.5) is 5.69 Å². The molecule has 0 aromatic heterocycles. The molecule has 0 saturated heterocycles. The van der Waals surface area contributed by atoms with E-state index in [0.717, 1.165) is 21.5 Å². The van der Waals surface area contributed by atoms with E-state index in [4.69, 9.17) is 9.47 Å². The molecule has 0 fully saturated rings. The number of esters is 2. The highest BCUT2D eigenvalue weighted by molar-refractivity contribution is 6.23. The van der Waals surface area contributed by atoms with Crippen LogP contribution in [-0.2, 0) is 19.1 Å². The smallest absolute Gasteiger partial charge is 0.303 e. The lowest BCUT2D eigenvalue weighted by Crippen LogP contribution is -2.25. The second kappa shape index (κ2) is 6.77. The van der Waals surface area contributed by atoms with Gasteiger partial charge in [0, 0.05) is 24.8 Å². The quantitative estimate of drug-likeness (QED) is 0.196. The molecule has 0 unspecified atom stereocenters. The normalized spacial score (nSPS) is 17.2. The van der Waals surface area contributed by atoms with Crippen molar-refractivity contribution >= 4 is 49.9 Å².